The maximum absolute atomic E-state index is 10.9. The molecule has 0 radical (unpaired) electrons. The van der Waals surface area contributed by atoms with Crippen molar-refractivity contribution in [1.82, 2.24) is 0 Å². The number of aliphatic hydroxyl groups is 1. The van der Waals surface area contributed by atoms with Gasteiger partial charge < -0.3 is 30.4 Å². The lowest BCUT2D eigenvalue weighted by Crippen LogP contribution is -2.36. The molecule has 0 saturated heterocycles. The van der Waals surface area contributed by atoms with Crippen molar-refractivity contribution >= 4 is 15.2 Å². The predicted octanol–water partition coefficient (Wildman–Crippen LogP) is -0.495. The Morgan fingerprint density at radius 2 is 1.56 bits per heavy atom. The van der Waals surface area contributed by atoms with Gasteiger partial charge in [0.25, 0.3) is 5.08 Å². The van der Waals surface area contributed by atoms with Crippen LogP contribution in [-0.4, -0.2) is 35.8 Å². The molecular weight excluding hydrogens is 260 g/mol. The third kappa shape index (κ3) is 3.61. The van der Waals surface area contributed by atoms with Crippen LogP contribution >= 0.6 is 15.2 Å². The first kappa shape index (κ1) is 16.2. The molecule has 0 aromatic rings. The molecule has 8 nitrogen and oxygen atoms in total. The fraction of sp³-hybridized carbons (Fsp3) is 1.00. The van der Waals surface area contributed by atoms with Crippen LogP contribution in [0.5, 0.6) is 0 Å². The quantitative estimate of drug-likeness (QED) is 0.354. The Morgan fingerprint density at radius 3 is 1.81 bits per heavy atom. The van der Waals surface area contributed by atoms with E-state index in [-0.39, 0.29) is 0 Å². The van der Waals surface area contributed by atoms with Gasteiger partial charge in [-0.2, -0.15) is 0 Å². The molecule has 0 aliphatic heterocycles. The minimum absolute atomic E-state index is 0.294. The first-order chi connectivity index (χ1) is 6.95. The molecule has 0 amide bonds. The van der Waals surface area contributed by atoms with E-state index in [9.17, 15) is 14.2 Å². The molecule has 0 aromatic carbocycles. The highest BCUT2D eigenvalue weighted by Crippen LogP contribution is 2.69. The van der Waals surface area contributed by atoms with Gasteiger partial charge >= 0.3 is 15.2 Å². The zero-order valence-electron chi connectivity index (χ0n) is 8.72. The molecule has 0 aliphatic rings. The summed E-state index contributed by atoms with van der Waals surface area (Å²) in [7, 11) is -10.7. The Hall–Kier alpha value is 0.220. The van der Waals surface area contributed by atoms with Gasteiger partial charge in [-0.25, -0.2) is 0 Å². The number of hydrogen-bond acceptors (Lipinski definition) is 4. The van der Waals surface area contributed by atoms with E-state index in [2.05, 4.69) is 0 Å². The number of nitrogens with two attached hydrogens (primary N) is 1. The minimum atomic E-state index is -5.37. The molecule has 0 aromatic heterocycles. The van der Waals surface area contributed by atoms with Crippen LogP contribution in [0.1, 0.15) is 26.2 Å². The third-order valence-electron chi connectivity index (χ3n) is 2.13. The average molecular weight is 277 g/mol. The van der Waals surface area contributed by atoms with Crippen LogP contribution in [-0.2, 0) is 9.13 Å². The van der Waals surface area contributed by atoms with Crippen molar-refractivity contribution < 1.29 is 33.8 Å². The highest BCUT2D eigenvalue weighted by Gasteiger charge is 2.59. The van der Waals surface area contributed by atoms with Crippen molar-refractivity contribution in [3.05, 3.63) is 0 Å². The maximum Gasteiger partial charge on any atom is 0.369 e. The molecule has 0 spiro atoms. The van der Waals surface area contributed by atoms with E-state index < -0.39 is 32.7 Å². The Morgan fingerprint density at radius 1 is 1.19 bits per heavy atom. The maximum atomic E-state index is 10.9. The van der Waals surface area contributed by atoms with Crippen LogP contribution in [0.3, 0.4) is 0 Å². The molecule has 0 fully saturated rings. The van der Waals surface area contributed by atoms with E-state index >= 15 is 0 Å². The molecule has 0 heterocycles. The summed E-state index contributed by atoms with van der Waals surface area (Å²) in [6.07, 6.45) is 0.0112. The smallest absolute Gasteiger partial charge is 0.367 e. The first-order valence-corrected chi connectivity index (χ1v) is 7.77. The Labute approximate surface area is 92.8 Å². The summed E-state index contributed by atoms with van der Waals surface area (Å²) in [6.45, 7) is 1.74. The van der Waals surface area contributed by atoms with E-state index in [1.807, 2.05) is 0 Å². The lowest BCUT2D eigenvalue weighted by molar-refractivity contribution is 0.115. The van der Waals surface area contributed by atoms with Gasteiger partial charge in [-0.1, -0.05) is 13.3 Å². The van der Waals surface area contributed by atoms with Gasteiger partial charge in [-0.05, 0) is 6.42 Å². The Balaban J connectivity index is 5.14. The monoisotopic (exact) mass is 277 g/mol. The number of hydrogen-bond donors (Lipinski definition) is 6. The summed E-state index contributed by atoms with van der Waals surface area (Å²) < 4.78 is 21.9. The average Bonchev–Trinajstić information content (AvgIpc) is 1.99. The zero-order chi connectivity index (χ0) is 13.2. The van der Waals surface area contributed by atoms with Gasteiger partial charge in [-0.15, -0.1) is 0 Å². The lowest BCUT2D eigenvalue weighted by Gasteiger charge is -2.31. The molecule has 0 aliphatic carbocycles. The summed E-state index contributed by atoms with van der Waals surface area (Å²) in [5, 5.41) is 6.08. The number of rotatable bonds is 6. The van der Waals surface area contributed by atoms with Crippen LogP contribution < -0.4 is 5.73 Å². The molecule has 7 N–H and O–H groups in total. The van der Waals surface area contributed by atoms with Gasteiger partial charge in [0.2, 0.25) is 0 Å². The molecule has 0 saturated carbocycles. The highest BCUT2D eigenvalue weighted by atomic mass is 31.2. The van der Waals surface area contributed by atoms with Gasteiger partial charge in [0.05, 0.1) is 0 Å². The van der Waals surface area contributed by atoms with Crippen LogP contribution in [0.4, 0.5) is 0 Å². The summed E-state index contributed by atoms with van der Waals surface area (Å²) >= 11 is 0. The van der Waals surface area contributed by atoms with Crippen LogP contribution in [0, 0.1) is 0 Å². The van der Waals surface area contributed by atoms with Crippen molar-refractivity contribution in [1.29, 1.82) is 0 Å². The van der Waals surface area contributed by atoms with Crippen molar-refractivity contribution in [2.75, 3.05) is 0 Å². The van der Waals surface area contributed by atoms with Crippen LogP contribution in [0.15, 0.2) is 0 Å². The molecule has 10 heteroatoms. The van der Waals surface area contributed by atoms with Crippen LogP contribution in [0.25, 0.3) is 0 Å². The molecule has 1 unspecified atom stereocenters. The second-order valence-corrected chi connectivity index (χ2v) is 7.62. The van der Waals surface area contributed by atoms with Gasteiger partial charge in [-0.3, -0.25) is 9.13 Å². The van der Waals surface area contributed by atoms with Crippen molar-refractivity contribution in [2.24, 2.45) is 5.73 Å². The minimum Gasteiger partial charge on any atom is -0.367 e. The molecule has 0 bridgehead atoms. The molecule has 0 rings (SSSR count). The Bertz CT molecular complexity index is 299. The standard InChI is InChI=1S/C6H17NO7P2/c1-2-3-5(7)4-6(8,15(9,10)11)16(12,13)14/h5,8H,2-4,7H2,1H3,(H2,9,10,11)(H2,12,13,14). The molecule has 98 valence electrons. The second-order valence-electron chi connectivity index (χ2n) is 3.62. The summed E-state index contributed by atoms with van der Waals surface area (Å²) in [5.74, 6) is 0. The normalized spacial score (nSPS) is 16.2. The van der Waals surface area contributed by atoms with E-state index in [1.54, 1.807) is 6.92 Å². The third-order valence-corrected chi connectivity index (χ3v) is 5.92. The van der Waals surface area contributed by atoms with Crippen molar-refractivity contribution in [3.8, 4) is 0 Å². The second kappa shape index (κ2) is 5.25. The highest BCUT2D eigenvalue weighted by molar-refractivity contribution is 7.72. The van der Waals surface area contributed by atoms with E-state index in [1.165, 1.54) is 0 Å². The summed E-state index contributed by atoms with van der Waals surface area (Å²) in [6, 6.07) is -0.893. The van der Waals surface area contributed by atoms with Gasteiger partial charge in [0.15, 0.2) is 0 Å². The van der Waals surface area contributed by atoms with E-state index in [4.69, 9.17) is 25.3 Å². The van der Waals surface area contributed by atoms with Gasteiger partial charge in [0, 0.05) is 12.5 Å². The Kier molecular flexibility index (Phi) is 5.32. The van der Waals surface area contributed by atoms with Gasteiger partial charge in [0.1, 0.15) is 0 Å². The van der Waals surface area contributed by atoms with Crippen molar-refractivity contribution in [2.45, 2.75) is 37.3 Å². The topological polar surface area (TPSA) is 161 Å². The predicted molar refractivity (Wildman–Crippen MR) is 56.5 cm³/mol. The fourth-order valence-corrected chi connectivity index (χ4v) is 3.53. The summed E-state index contributed by atoms with van der Waals surface area (Å²) in [4.78, 5) is 35.2. The molecule has 1 atom stereocenters. The molecular formula is C6H17NO7P2. The van der Waals surface area contributed by atoms with E-state index in [0.717, 1.165) is 0 Å². The fourth-order valence-electron chi connectivity index (χ4n) is 1.23. The van der Waals surface area contributed by atoms with Crippen LogP contribution in [0.2, 0.25) is 0 Å². The SMILES string of the molecule is CCCC(N)CC(O)(P(=O)(O)O)P(=O)(O)O. The first-order valence-electron chi connectivity index (χ1n) is 4.55. The molecule has 16 heavy (non-hydrogen) atoms. The zero-order valence-corrected chi connectivity index (χ0v) is 10.5. The van der Waals surface area contributed by atoms with E-state index in [0.29, 0.717) is 12.8 Å². The largest absolute Gasteiger partial charge is 0.369 e. The lowest BCUT2D eigenvalue weighted by atomic mass is 10.1. The van der Waals surface area contributed by atoms with Crippen molar-refractivity contribution in [3.63, 3.8) is 0 Å². The summed E-state index contributed by atoms with van der Waals surface area (Å²) in [5.41, 5.74) is 5.42.